The van der Waals surface area contributed by atoms with E-state index < -0.39 is 5.82 Å². The van der Waals surface area contributed by atoms with E-state index in [1.54, 1.807) is 13.3 Å². The number of halogens is 2. The highest BCUT2D eigenvalue weighted by molar-refractivity contribution is 6.36. The van der Waals surface area contributed by atoms with E-state index >= 15 is 4.39 Å². The van der Waals surface area contributed by atoms with Crippen molar-refractivity contribution < 1.29 is 13.9 Å². The van der Waals surface area contributed by atoms with Crippen LogP contribution in [0.2, 0.25) is 5.02 Å². The lowest BCUT2D eigenvalue weighted by Gasteiger charge is -2.34. The van der Waals surface area contributed by atoms with Crippen molar-refractivity contribution in [3.8, 4) is 17.3 Å². The third-order valence-electron chi connectivity index (χ3n) is 8.66. The molecular formula is C30H32ClFN6O2. The maximum Gasteiger partial charge on any atom is 0.319 e. The molecule has 8 nitrogen and oxygen atoms in total. The predicted molar refractivity (Wildman–Crippen MR) is 155 cm³/mol. The first kappa shape index (κ1) is 25.8. The van der Waals surface area contributed by atoms with Crippen LogP contribution in [-0.4, -0.2) is 84.5 Å². The summed E-state index contributed by atoms with van der Waals surface area (Å²) in [4.78, 5) is 18.5. The summed E-state index contributed by atoms with van der Waals surface area (Å²) in [7, 11) is 3.79. The fourth-order valence-corrected chi connectivity index (χ4v) is 6.83. The molecule has 0 amide bonds. The van der Waals surface area contributed by atoms with Gasteiger partial charge in [0.15, 0.2) is 5.82 Å². The summed E-state index contributed by atoms with van der Waals surface area (Å²) in [6, 6.07) is 12.5. The van der Waals surface area contributed by atoms with Crippen LogP contribution < -0.4 is 15.0 Å². The van der Waals surface area contributed by atoms with Gasteiger partial charge in [0.25, 0.3) is 0 Å². The number of piperazine rings is 1. The number of aromatic nitrogens is 3. The Morgan fingerprint density at radius 1 is 1.07 bits per heavy atom. The van der Waals surface area contributed by atoms with Gasteiger partial charge in [-0.1, -0.05) is 41.9 Å². The Morgan fingerprint density at radius 3 is 2.60 bits per heavy atom. The van der Waals surface area contributed by atoms with Gasteiger partial charge in [-0.3, -0.25) is 9.88 Å². The Kier molecular flexibility index (Phi) is 6.70. The molecular weight excluding hydrogens is 531 g/mol. The van der Waals surface area contributed by atoms with Gasteiger partial charge < -0.3 is 19.7 Å². The molecule has 0 aliphatic carbocycles. The molecule has 3 aliphatic rings. The lowest BCUT2D eigenvalue weighted by Crippen LogP contribution is -2.51. The number of fused-ring (bicyclic) bond motifs is 4. The highest BCUT2D eigenvalue weighted by Crippen LogP contribution is 2.38. The minimum atomic E-state index is -0.506. The maximum atomic E-state index is 16.5. The Bertz CT molecular complexity index is 1570. The molecule has 0 radical (unpaired) electrons. The van der Waals surface area contributed by atoms with Gasteiger partial charge in [-0.05, 0) is 37.8 Å². The van der Waals surface area contributed by atoms with Crippen LogP contribution in [0.1, 0.15) is 19.3 Å². The average Bonchev–Trinajstić information content (AvgIpc) is 3.51. The summed E-state index contributed by atoms with van der Waals surface area (Å²) >= 11 is 6.58. The molecule has 3 saturated heterocycles. The van der Waals surface area contributed by atoms with Crippen LogP contribution in [0.4, 0.5) is 10.2 Å². The second-order valence-electron chi connectivity index (χ2n) is 11.2. The largest absolute Gasteiger partial charge is 0.462 e. The number of likely N-dealkylation sites (N-methyl/N-ethyl adjacent to an activating group) is 1. The number of methoxy groups -OCH3 is 1. The SMILES string of the molecule is CO[C@H]1C[C@@H](COc2nc(N3CC4CCC(C3)N4)c3cnc(-c4cccc5cccc(Cl)c45)c(F)c3n2)N(C)C1. The molecule has 3 aliphatic heterocycles. The standard InChI is InChI=1S/C30H32ClFN6O2/c1-37-15-21(39-2)11-20(37)16-40-30-35-28-23(29(36-30)38-13-18-9-10-19(14-38)34-18)12-33-27(26(28)32)22-7-3-5-17-6-4-8-24(31)25(17)22/h3-8,12,18-21,34H,9-11,13-16H2,1-2H3/t18?,19?,20-,21-/m0/s1. The van der Waals surface area contributed by atoms with Crippen molar-refractivity contribution in [3.63, 3.8) is 0 Å². The third kappa shape index (κ3) is 4.55. The van der Waals surface area contributed by atoms with E-state index in [2.05, 4.69) is 32.1 Å². The number of nitrogens with zero attached hydrogens (tertiary/aromatic N) is 5. The van der Waals surface area contributed by atoms with Crippen molar-refractivity contribution in [2.24, 2.45) is 0 Å². The molecule has 40 heavy (non-hydrogen) atoms. The smallest absolute Gasteiger partial charge is 0.319 e. The number of ether oxygens (including phenoxy) is 2. The van der Waals surface area contributed by atoms with Gasteiger partial charge in [-0.15, -0.1) is 0 Å². The summed E-state index contributed by atoms with van der Waals surface area (Å²) in [6.07, 6.45) is 4.97. The Hall–Kier alpha value is -3.11. The second kappa shape index (κ2) is 10.4. The van der Waals surface area contributed by atoms with Gasteiger partial charge in [0.05, 0.1) is 11.5 Å². The third-order valence-corrected chi connectivity index (χ3v) is 8.97. The van der Waals surface area contributed by atoms with E-state index in [0.29, 0.717) is 40.5 Å². The number of pyridine rings is 1. The highest BCUT2D eigenvalue weighted by Gasteiger charge is 2.35. The zero-order valence-electron chi connectivity index (χ0n) is 22.6. The number of nitrogens with one attached hydrogen (secondary N) is 1. The predicted octanol–water partition coefficient (Wildman–Crippen LogP) is 4.68. The summed E-state index contributed by atoms with van der Waals surface area (Å²) in [5.41, 5.74) is 1.04. The second-order valence-corrected chi connectivity index (χ2v) is 11.6. The quantitative estimate of drug-likeness (QED) is 0.363. The number of benzene rings is 2. The van der Waals surface area contributed by atoms with Gasteiger partial charge in [0.2, 0.25) is 0 Å². The van der Waals surface area contributed by atoms with E-state index in [4.69, 9.17) is 26.1 Å². The topological polar surface area (TPSA) is 75.6 Å². The van der Waals surface area contributed by atoms with Crippen LogP contribution in [0.25, 0.3) is 32.9 Å². The summed E-state index contributed by atoms with van der Waals surface area (Å²) < 4.78 is 28.2. The van der Waals surface area contributed by atoms with Crippen molar-refractivity contribution >= 4 is 39.1 Å². The molecule has 3 fully saturated rings. The van der Waals surface area contributed by atoms with Crippen LogP contribution in [0.3, 0.4) is 0 Å². The van der Waals surface area contributed by atoms with Crippen molar-refractivity contribution in [1.29, 1.82) is 0 Å². The average molecular weight is 563 g/mol. The van der Waals surface area contributed by atoms with Gasteiger partial charge in [-0.2, -0.15) is 9.97 Å². The van der Waals surface area contributed by atoms with Gasteiger partial charge >= 0.3 is 6.01 Å². The first-order valence-corrected chi connectivity index (χ1v) is 14.3. The molecule has 0 saturated carbocycles. The van der Waals surface area contributed by atoms with Crippen molar-refractivity contribution in [2.45, 2.75) is 43.5 Å². The normalized spacial score (nSPS) is 24.9. The Labute approximate surface area is 237 Å². The summed E-state index contributed by atoms with van der Waals surface area (Å²) in [6.45, 7) is 2.83. The van der Waals surface area contributed by atoms with Gasteiger partial charge in [0.1, 0.15) is 23.6 Å². The number of hydrogen-bond acceptors (Lipinski definition) is 8. The molecule has 4 aromatic rings. The van der Waals surface area contributed by atoms with Crippen LogP contribution >= 0.6 is 11.6 Å². The molecule has 0 spiro atoms. The molecule has 5 heterocycles. The first-order valence-electron chi connectivity index (χ1n) is 13.9. The molecule has 2 bridgehead atoms. The number of hydrogen-bond donors (Lipinski definition) is 1. The minimum Gasteiger partial charge on any atom is -0.462 e. The Morgan fingerprint density at radius 2 is 1.85 bits per heavy atom. The fourth-order valence-electron chi connectivity index (χ4n) is 6.54. The molecule has 7 rings (SSSR count). The van der Waals surface area contributed by atoms with Crippen LogP contribution in [-0.2, 0) is 4.74 Å². The zero-order valence-corrected chi connectivity index (χ0v) is 23.4. The zero-order chi connectivity index (χ0) is 27.4. The van der Waals surface area contributed by atoms with Crippen LogP contribution in [0.15, 0.2) is 42.6 Å². The lowest BCUT2D eigenvalue weighted by atomic mass is 10.0. The molecule has 208 valence electrons. The summed E-state index contributed by atoms with van der Waals surface area (Å²) in [5.74, 6) is 0.163. The molecule has 1 N–H and O–H groups in total. The van der Waals surface area contributed by atoms with E-state index in [0.717, 1.165) is 49.7 Å². The van der Waals surface area contributed by atoms with E-state index in [-0.39, 0.29) is 29.4 Å². The number of likely N-dealkylation sites (tertiary alicyclic amines) is 1. The monoisotopic (exact) mass is 562 g/mol. The van der Waals surface area contributed by atoms with E-state index in [1.165, 1.54) is 0 Å². The van der Waals surface area contributed by atoms with Crippen LogP contribution in [0.5, 0.6) is 6.01 Å². The molecule has 4 atom stereocenters. The molecule has 10 heteroatoms. The van der Waals surface area contributed by atoms with Crippen molar-refractivity contribution in [1.82, 2.24) is 25.2 Å². The maximum absolute atomic E-state index is 16.5. The Balaban J connectivity index is 1.32. The molecule has 2 unspecified atom stereocenters. The van der Waals surface area contributed by atoms with Gasteiger partial charge in [-0.25, -0.2) is 4.39 Å². The first-order chi connectivity index (χ1) is 19.5. The molecule has 2 aromatic carbocycles. The summed E-state index contributed by atoms with van der Waals surface area (Å²) in [5, 5.41) is 6.47. The van der Waals surface area contributed by atoms with Gasteiger partial charge in [0, 0.05) is 67.0 Å². The van der Waals surface area contributed by atoms with E-state index in [1.807, 2.05) is 36.4 Å². The lowest BCUT2D eigenvalue weighted by molar-refractivity contribution is 0.111. The van der Waals surface area contributed by atoms with Crippen LogP contribution in [0, 0.1) is 5.82 Å². The number of anilines is 1. The molecule has 2 aromatic heterocycles. The highest BCUT2D eigenvalue weighted by atomic mass is 35.5. The number of rotatable bonds is 6. The minimum absolute atomic E-state index is 0.165. The fraction of sp³-hybridized carbons (Fsp3) is 0.433. The van der Waals surface area contributed by atoms with Crippen molar-refractivity contribution in [3.05, 3.63) is 53.4 Å². The van der Waals surface area contributed by atoms with E-state index in [9.17, 15) is 0 Å². The van der Waals surface area contributed by atoms with Crippen molar-refractivity contribution in [2.75, 3.05) is 45.3 Å².